The minimum absolute atomic E-state index is 0.216. The van der Waals surface area contributed by atoms with Crippen molar-refractivity contribution < 1.29 is 9.21 Å². The summed E-state index contributed by atoms with van der Waals surface area (Å²) in [6.07, 6.45) is 0.844. The van der Waals surface area contributed by atoms with E-state index in [0.29, 0.717) is 23.4 Å². The topological polar surface area (TPSA) is 64.2 Å². The van der Waals surface area contributed by atoms with Crippen molar-refractivity contribution in [3.05, 3.63) is 63.1 Å². The van der Waals surface area contributed by atoms with Gasteiger partial charge in [-0.15, -0.1) is 0 Å². The number of aryl methyl sites for hydroxylation is 1. The van der Waals surface area contributed by atoms with Crippen LogP contribution in [0.1, 0.15) is 23.7 Å². The minimum atomic E-state index is -0.377. The molecule has 0 aliphatic rings. The Labute approximate surface area is 141 Å². The van der Waals surface area contributed by atoms with Gasteiger partial charge in [0.1, 0.15) is 0 Å². The SMILES string of the molecule is CCCn1c(=O)oc2cc(NC(=O)c3ccc(Br)cc3)ccc21. The van der Waals surface area contributed by atoms with E-state index < -0.39 is 0 Å². The molecule has 0 fully saturated rings. The van der Waals surface area contributed by atoms with Gasteiger partial charge in [-0.2, -0.15) is 0 Å². The molecule has 5 nitrogen and oxygen atoms in total. The number of nitrogens with zero attached hydrogens (tertiary/aromatic N) is 1. The van der Waals surface area contributed by atoms with Gasteiger partial charge in [0.2, 0.25) is 0 Å². The number of hydrogen-bond acceptors (Lipinski definition) is 3. The molecule has 3 rings (SSSR count). The lowest BCUT2D eigenvalue weighted by Gasteiger charge is -2.05. The van der Waals surface area contributed by atoms with Crippen LogP contribution in [0.4, 0.5) is 5.69 Å². The molecule has 0 spiro atoms. The van der Waals surface area contributed by atoms with E-state index >= 15 is 0 Å². The van der Waals surface area contributed by atoms with Crippen LogP contribution in [0, 0.1) is 0 Å². The standard InChI is InChI=1S/C17H15BrN2O3/c1-2-9-20-14-8-7-13(10-15(14)23-17(20)22)19-16(21)11-3-5-12(18)6-4-11/h3-8,10H,2,9H2,1H3,(H,19,21). The molecule has 0 unspecified atom stereocenters. The summed E-state index contributed by atoms with van der Waals surface area (Å²) in [6.45, 7) is 2.61. The van der Waals surface area contributed by atoms with E-state index in [2.05, 4.69) is 21.2 Å². The van der Waals surface area contributed by atoms with Crippen LogP contribution in [0.3, 0.4) is 0 Å². The van der Waals surface area contributed by atoms with Gasteiger partial charge in [0, 0.05) is 28.3 Å². The molecule has 1 N–H and O–H groups in total. The summed E-state index contributed by atoms with van der Waals surface area (Å²) in [5, 5.41) is 2.80. The van der Waals surface area contributed by atoms with Crippen molar-refractivity contribution >= 4 is 38.6 Å². The first-order valence-corrected chi connectivity index (χ1v) is 8.08. The van der Waals surface area contributed by atoms with Gasteiger partial charge in [0.15, 0.2) is 5.58 Å². The number of hydrogen-bond donors (Lipinski definition) is 1. The molecule has 0 bridgehead atoms. The third-order valence-electron chi connectivity index (χ3n) is 3.48. The fraction of sp³-hybridized carbons (Fsp3) is 0.176. The monoisotopic (exact) mass is 374 g/mol. The Hall–Kier alpha value is -2.34. The number of nitrogens with one attached hydrogen (secondary N) is 1. The molecule has 1 aromatic heterocycles. The molecule has 23 heavy (non-hydrogen) atoms. The van der Waals surface area contributed by atoms with E-state index in [1.807, 2.05) is 19.1 Å². The number of carbonyl (C=O) groups is 1. The number of oxazole rings is 1. The lowest BCUT2D eigenvalue weighted by Crippen LogP contribution is -2.13. The van der Waals surface area contributed by atoms with Crippen LogP contribution in [0.25, 0.3) is 11.1 Å². The second kappa shape index (κ2) is 6.42. The number of benzene rings is 2. The quantitative estimate of drug-likeness (QED) is 0.749. The zero-order valence-electron chi connectivity index (χ0n) is 12.5. The van der Waals surface area contributed by atoms with E-state index in [-0.39, 0.29) is 11.7 Å². The first-order valence-electron chi connectivity index (χ1n) is 7.29. The highest BCUT2D eigenvalue weighted by Crippen LogP contribution is 2.20. The van der Waals surface area contributed by atoms with Crippen molar-refractivity contribution in [2.75, 3.05) is 5.32 Å². The molecule has 0 saturated carbocycles. The molecule has 3 aromatic rings. The summed E-state index contributed by atoms with van der Waals surface area (Å²) in [4.78, 5) is 24.0. The first-order chi connectivity index (χ1) is 11.1. The number of carbonyl (C=O) groups excluding carboxylic acids is 1. The predicted molar refractivity (Wildman–Crippen MR) is 92.9 cm³/mol. The van der Waals surface area contributed by atoms with Gasteiger partial charge in [-0.1, -0.05) is 22.9 Å². The van der Waals surface area contributed by atoms with E-state index in [1.165, 1.54) is 0 Å². The first kappa shape index (κ1) is 15.6. The highest BCUT2D eigenvalue weighted by molar-refractivity contribution is 9.10. The number of halogens is 1. The van der Waals surface area contributed by atoms with E-state index in [1.54, 1.807) is 34.9 Å². The molecule has 2 aromatic carbocycles. The fourth-order valence-corrected chi connectivity index (χ4v) is 2.65. The third-order valence-corrected chi connectivity index (χ3v) is 4.01. The summed E-state index contributed by atoms with van der Waals surface area (Å²) >= 11 is 3.33. The van der Waals surface area contributed by atoms with Crippen molar-refractivity contribution in [2.45, 2.75) is 19.9 Å². The average Bonchev–Trinajstić information content (AvgIpc) is 2.83. The summed E-state index contributed by atoms with van der Waals surface area (Å²) in [6, 6.07) is 12.3. The number of amides is 1. The van der Waals surface area contributed by atoms with Gasteiger partial charge in [0.25, 0.3) is 5.91 Å². The maximum Gasteiger partial charge on any atom is 0.419 e. The summed E-state index contributed by atoms with van der Waals surface area (Å²) in [5.74, 6) is -0.592. The molecule has 118 valence electrons. The molecule has 1 heterocycles. The third kappa shape index (κ3) is 3.22. The Morgan fingerprint density at radius 1 is 1.22 bits per heavy atom. The van der Waals surface area contributed by atoms with Crippen LogP contribution in [-0.2, 0) is 6.54 Å². The van der Waals surface area contributed by atoms with Gasteiger partial charge in [-0.05, 0) is 42.8 Å². The number of fused-ring (bicyclic) bond motifs is 1. The molecule has 6 heteroatoms. The molecular formula is C17H15BrN2O3. The Kier molecular flexibility index (Phi) is 4.34. The summed E-state index contributed by atoms with van der Waals surface area (Å²) in [7, 11) is 0. The Morgan fingerprint density at radius 3 is 2.65 bits per heavy atom. The second-order valence-corrected chi connectivity index (χ2v) is 6.08. The van der Waals surface area contributed by atoms with Gasteiger partial charge < -0.3 is 9.73 Å². The van der Waals surface area contributed by atoms with Gasteiger partial charge >= 0.3 is 5.76 Å². The van der Waals surface area contributed by atoms with E-state index in [9.17, 15) is 9.59 Å². The molecule has 0 saturated heterocycles. The highest BCUT2D eigenvalue weighted by atomic mass is 79.9. The van der Waals surface area contributed by atoms with Crippen LogP contribution >= 0.6 is 15.9 Å². The van der Waals surface area contributed by atoms with E-state index in [4.69, 9.17) is 4.42 Å². The van der Waals surface area contributed by atoms with Gasteiger partial charge in [-0.25, -0.2) is 4.79 Å². The predicted octanol–water partition coefficient (Wildman–Crippen LogP) is 4.02. The fourth-order valence-electron chi connectivity index (χ4n) is 2.38. The molecule has 0 atom stereocenters. The Bertz CT molecular complexity index is 910. The number of aromatic nitrogens is 1. The minimum Gasteiger partial charge on any atom is -0.408 e. The maximum absolute atomic E-state index is 12.2. The van der Waals surface area contributed by atoms with Crippen LogP contribution < -0.4 is 11.1 Å². The number of rotatable bonds is 4. The molecule has 0 radical (unpaired) electrons. The summed E-state index contributed by atoms with van der Waals surface area (Å²) < 4.78 is 7.75. The van der Waals surface area contributed by atoms with Crippen molar-refractivity contribution in [3.8, 4) is 0 Å². The van der Waals surface area contributed by atoms with Crippen LogP contribution in [0.5, 0.6) is 0 Å². The second-order valence-electron chi connectivity index (χ2n) is 5.16. The van der Waals surface area contributed by atoms with Gasteiger partial charge in [-0.3, -0.25) is 9.36 Å². The van der Waals surface area contributed by atoms with Crippen LogP contribution in [0.15, 0.2) is 56.1 Å². The van der Waals surface area contributed by atoms with Crippen LogP contribution in [0.2, 0.25) is 0 Å². The maximum atomic E-state index is 12.2. The molecule has 0 aliphatic heterocycles. The Morgan fingerprint density at radius 2 is 1.96 bits per heavy atom. The van der Waals surface area contributed by atoms with Crippen molar-refractivity contribution in [3.63, 3.8) is 0 Å². The van der Waals surface area contributed by atoms with E-state index in [0.717, 1.165) is 16.4 Å². The van der Waals surface area contributed by atoms with Crippen molar-refractivity contribution in [1.29, 1.82) is 0 Å². The Balaban J connectivity index is 1.87. The number of anilines is 1. The normalized spacial score (nSPS) is 10.9. The summed E-state index contributed by atoms with van der Waals surface area (Å²) in [5.41, 5.74) is 2.34. The molecule has 0 aliphatic carbocycles. The van der Waals surface area contributed by atoms with Crippen molar-refractivity contribution in [2.24, 2.45) is 0 Å². The molecule has 1 amide bonds. The van der Waals surface area contributed by atoms with Crippen molar-refractivity contribution in [1.82, 2.24) is 4.57 Å². The van der Waals surface area contributed by atoms with Crippen LogP contribution in [-0.4, -0.2) is 10.5 Å². The zero-order valence-corrected chi connectivity index (χ0v) is 14.1. The average molecular weight is 375 g/mol. The lowest BCUT2D eigenvalue weighted by molar-refractivity contribution is 0.102. The zero-order chi connectivity index (χ0) is 16.4. The smallest absolute Gasteiger partial charge is 0.408 e. The highest BCUT2D eigenvalue weighted by Gasteiger charge is 2.11. The largest absolute Gasteiger partial charge is 0.419 e. The van der Waals surface area contributed by atoms with Gasteiger partial charge in [0.05, 0.1) is 5.52 Å². The lowest BCUT2D eigenvalue weighted by atomic mass is 10.2. The molecular weight excluding hydrogens is 360 g/mol.